The van der Waals surface area contributed by atoms with Crippen molar-refractivity contribution in [1.82, 2.24) is 10.6 Å². The molecule has 0 aromatic heterocycles. The number of carboxylic acids is 2. The quantitative estimate of drug-likeness (QED) is 0.519. The van der Waals surface area contributed by atoms with E-state index < -0.39 is 30.4 Å². The Labute approximate surface area is 99.2 Å². The van der Waals surface area contributed by atoms with Crippen molar-refractivity contribution in [2.45, 2.75) is 45.2 Å². The summed E-state index contributed by atoms with van der Waals surface area (Å²) in [5, 5.41) is 21.9. The van der Waals surface area contributed by atoms with Crippen LogP contribution in [0.4, 0.5) is 4.79 Å². The fraction of sp³-hybridized carbons (Fsp3) is 0.700. The van der Waals surface area contributed by atoms with E-state index in [9.17, 15) is 14.4 Å². The number of hydrogen-bond donors (Lipinski definition) is 4. The normalized spacial score (nSPS) is 11.9. The van der Waals surface area contributed by atoms with Gasteiger partial charge in [0.05, 0.1) is 6.42 Å². The zero-order valence-corrected chi connectivity index (χ0v) is 9.90. The van der Waals surface area contributed by atoms with E-state index in [1.165, 1.54) is 0 Å². The van der Waals surface area contributed by atoms with Gasteiger partial charge in [-0.05, 0) is 12.8 Å². The molecule has 1 atom stereocenters. The third kappa shape index (κ3) is 6.39. The highest BCUT2D eigenvalue weighted by Crippen LogP contribution is 1.97. The van der Waals surface area contributed by atoms with Crippen molar-refractivity contribution in [2.24, 2.45) is 0 Å². The lowest BCUT2D eigenvalue weighted by Crippen LogP contribution is -2.49. The Hall–Kier alpha value is -1.79. The summed E-state index contributed by atoms with van der Waals surface area (Å²) in [7, 11) is 0. The molecule has 17 heavy (non-hydrogen) atoms. The number of carbonyl (C=O) groups excluding carboxylic acids is 1. The fourth-order valence-electron chi connectivity index (χ4n) is 1.25. The van der Waals surface area contributed by atoms with Crippen molar-refractivity contribution in [3.05, 3.63) is 0 Å². The highest BCUT2D eigenvalue weighted by molar-refractivity contribution is 5.86. The van der Waals surface area contributed by atoms with Crippen LogP contribution in [-0.2, 0) is 9.59 Å². The number of carbonyl (C=O) groups is 3. The lowest BCUT2D eigenvalue weighted by Gasteiger charge is -2.18. The van der Waals surface area contributed by atoms with E-state index >= 15 is 0 Å². The zero-order valence-electron chi connectivity index (χ0n) is 9.90. The summed E-state index contributed by atoms with van der Waals surface area (Å²) in [6, 6.07) is -2.12. The zero-order chi connectivity index (χ0) is 13.4. The highest BCUT2D eigenvalue weighted by Gasteiger charge is 2.23. The molecule has 2 amide bonds. The maximum absolute atomic E-state index is 11.4. The summed E-state index contributed by atoms with van der Waals surface area (Å²) in [5.41, 5.74) is 0. The molecule has 0 bridgehead atoms. The molecule has 0 saturated carbocycles. The summed E-state index contributed by atoms with van der Waals surface area (Å²) in [5.74, 6) is -2.65. The maximum atomic E-state index is 11.4. The second-order valence-corrected chi connectivity index (χ2v) is 3.62. The third-order valence-corrected chi connectivity index (χ3v) is 2.30. The first-order valence-electron chi connectivity index (χ1n) is 5.42. The van der Waals surface area contributed by atoms with E-state index in [4.69, 9.17) is 10.2 Å². The number of aliphatic carboxylic acids is 2. The number of rotatable bonds is 7. The number of carboxylic acid groups (broad SMARTS) is 2. The van der Waals surface area contributed by atoms with Crippen LogP contribution in [0.2, 0.25) is 0 Å². The van der Waals surface area contributed by atoms with E-state index in [1.807, 2.05) is 13.8 Å². The summed E-state index contributed by atoms with van der Waals surface area (Å²) >= 11 is 0. The predicted octanol–water partition coefficient (Wildman–Crippen LogP) is 0.402. The van der Waals surface area contributed by atoms with Gasteiger partial charge in [0.15, 0.2) is 0 Å². The molecule has 98 valence electrons. The van der Waals surface area contributed by atoms with Gasteiger partial charge in [-0.2, -0.15) is 0 Å². The van der Waals surface area contributed by atoms with E-state index in [-0.39, 0.29) is 6.04 Å². The van der Waals surface area contributed by atoms with E-state index in [0.29, 0.717) is 0 Å². The predicted molar refractivity (Wildman–Crippen MR) is 59.7 cm³/mol. The molecule has 0 saturated heterocycles. The van der Waals surface area contributed by atoms with Crippen molar-refractivity contribution in [3.63, 3.8) is 0 Å². The molecule has 0 heterocycles. The van der Waals surface area contributed by atoms with Crippen LogP contribution in [0.15, 0.2) is 0 Å². The second-order valence-electron chi connectivity index (χ2n) is 3.62. The lowest BCUT2D eigenvalue weighted by molar-refractivity contribution is -0.145. The molecule has 7 heteroatoms. The highest BCUT2D eigenvalue weighted by atomic mass is 16.4. The van der Waals surface area contributed by atoms with Crippen molar-refractivity contribution in [3.8, 4) is 0 Å². The molecule has 0 aliphatic carbocycles. The topological polar surface area (TPSA) is 116 Å². The largest absolute Gasteiger partial charge is 0.481 e. The first-order valence-corrected chi connectivity index (χ1v) is 5.42. The van der Waals surface area contributed by atoms with Gasteiger partial charge in [0.25, 0.3) is 0 Å². The standard InChI is InChI=1S/C10H18N2O5/c1-3-6(4-2)11-10(17)12-7(9(15)16)5-8(13)14/h6-7H,3-5H2,1-2H3,(H,13,14)(H,15,16)(H2,11,12,17). The smallest absolute Gasteiger partial charge is 0.326 e. The number of hydrogen-bond acceptors (Lipinski definition) is 3. The second kappa shape index (κ2) is 7.48. The maximum Gasteiger partial charge on any atom is 0.326 e. The van der Waals surface area contributed by atoms with Crippen LogP contribution in [0.1, 0.15) is 33.1 Å². The summed E-state index contributed by atoms with van der Waals surface area (Å²) in [6.45, 7) is 3.78. The van der Waals surface area contributed by atoms with Gasteiger partial charge in [-0.15, -0.1) is 0 Å². The van der Waals surface area contributed by atoms with Crippen molar-refractivity contribution in [1.29, 1.82) is 0 Å². The van der Waals surface area contributed by atoms with Gasteiger partial charge in [0, 0.05) is 6.04 Å². The Balaban J connectivity index is 4.30. The van der Waals surface area contributed by atoms with Gasteiger partial charge < -0.3 is 20.8 Å². The molecule has 0 fully saturated rings. The Morgan fingerprint density at radius 3 is 1.94 bits per heavy atom. The van der Waals surface area contributed by atoms with Crippen molar-refractivity contribution >= 4 is 18.0 Å². The van der Waals surface area contributed by atoms with Gasteiger partial charge in [-0.25, -0.2) is 9.59 Å². The first-order chi connectivity index (χ1) is 7.90. The minimum absolute atomic E-state index is 0.0470. The summed E-state index contributed by atoms with van der Waals surface area (Å²) in [6.07, 6.45) is 0.798. The Morgan fingerprint density at radius 2 is 1.59 bits per heavy atom. The van der Waals surface area contributed by atoms with Gasteiger partial charge in [-0.1, -0.05) is 13.8 Å². The molecule has 0 aromatic carbocycles. The summed E-state index contributed by atoms with van der Waals surface area (Å²) < 4.78 is 0. The summed E-state index contributed by atoms with van der Waals surface area (Å²) in [4.78, 5) is 32.5. The van der Waals surface area contributed by atoms with Crippen LogP contribution >= 0.6 is 0 Å². The van der Waals surface area contributed by atoms with E-state index in [2.05, 4.69) is 10.6 Å². The number of amides is 2. The molecule has 0 rings (SSSR count). The molecule has 0 radical (unpaired) electrons. The third-order valence-electron chi connectivity index (χ3n) is 2.30. The molecule has 1 unspecified atom stereocenters. The van der Waals surface area contributed by atoms with Crippen LogP contribution in [0, 0.1) is 0 Å². The van der Waals surface area contributed by atoms with Gasteiger partial charge in [-0.3, -0.25) is 4.79 Å². The Morgan fingerprint density at radius 1 is 1.06 bits per heavy atom. The van der Waals surface area contributed by atoms with Crippen LogP contribution in [-0.4, -0.2) is 40.3 Å². The molecule has 0 aromatic rings. The minimum atomic E-state index is -1.41. The van der Waals surface area contributed by atoms with E-state index in [1.54, 1.807) is 0 Å². The van der Waals surface area contributed by atoms with Crippen LogP contribution in [0.3, 0.4) is 0 Å². The number of urea groups is 1. The fourth-order valence-corrected chi connectivity index (χ4v) is 1.25. The molecule has 4 N–H and O–H groups in total. The number of nitrogens with one attached hydrogen (secondary N) is 2. The van der Waals surface area contributed by atoms with Crippen molar-refractivity contribution in [2.75, 3.05) is 0 Å². The molecule has 7 nitrogen and oxygen atoms in total. The Bertz CT molecular complexity index is 288. The minimum Gasteiger partial charge on any atom is -0.481 e. The van der Waals surface area contributed by atoms with E-state index in [0.717, 1.165) is 12.8 Å². The van der Waals surface area contributed by atoms with Crippen LogP contribution < -0.4 is 10.6 Å². The molecular formula is C10H18N2O5. The monoisotopic (exact) mass is 246 g/mol. The SMILES string of the molecule is CCC(CC)NC(=O)NC(CC(=O)O)C(=O)O. The first kappa shape index (κ1) is 15.2. The van der Waals surface area contributed by atoms with Gasteiger partial charge in [0.1, 0.15) is 6.04 Å². The average Bonchev–Trinajstić information content (AvgIpc) is 2.24. The van der Waals surface area contributed by atoms with Crippen molar-refractivity contribution < 1.29 is 24.6 Å². The average molecular weight is 246 g/mol. The van der Waals surface area contributed by atoms with Gasteiger partial charge in [0.2, 0.25) is 0 Å². The Kier molecular flexibility index (Phi) is 6.69. The lowest BCUT2D eigenvalue weighted by atomic mass is 10.2. The molecule has 0 spiro atoms. The van der Waals surface area contributed by atoms with Gasteiger partial charge >= 0.3 is 18.0 Å². The molecule has 0 aliphatic heterocycles. The molecule has 0 aliphatic rings. The molecular weight excluding hydrogens is 228 g/mol. The van der Waals surface area contributed by atoms with Crippen LogP contribution in [0.25, 0.3) is 0 Å². The van der Waals surface area contributed by atoms with Crippen LogP contribution in [0.5, 0.6) is 0 Å².